The molecule has 0 amide bonds. The summed E-state index contributed by atoms with van der Waals surface area (Å²) in [5.74, 6) is 0. The van der Waals surface area contributed by atoms with Crippen molar-refractivity contribution in [3.05, 3.63) is 211 Å². The molecule has 10 aromatic carbocycles. The summed E-state index contributed by atoms with van der Waals surface area (Å²) in [5.41, 5.74) is 13.5. The summed E-state index contributed by atoms with van der Waals surface area (Å²) in [6.07, 6.45) is 0. The van der Waals surface area contributed by atoms with E-state index in [1.54, 1.807) is 0 Å². The molecule has 1 aliphatic carbocycles. The molecule has 11 rings (SSSR count). The maximum atomic E-state index is 2.48. The van der Waals surface area contributed by atoms with Crippen LogP contribution in [0.2, 0.25) is 0 Å². The first kappa shape index (κ1) is 32.5. The van der Waals surface area contributed by atoms with E-state index in [0.29, 0.717) is 0 Å². The van der Waals surface area contributed by atoms with Gasteiger partial charge in [0.05, 0.1) is 5.69 Å². The molecule has 0 aliphatic heterocycles. The van der Waals surface area contributed by atoms with Crippen LogP contribution in [0.25, 0.3) is 76.5 Å². The lowest BCUT2D eigenvalue weighted by Crippen LogP contribution is -2.17. The highest BCUT2D eigenvalue weighted by Gasteiger charge is 2.36. The SMILES string of the molecule is CC1(C)c2ccccc2-c2ccc(N(c3cccc(-c4ccccc4)c3)c3ccccc3-c3cc4ccccc4c4c3ccc3ccc5ccccc5c34)cc21. The van der Waals surface area contributed by atoms with Gasteiger partial charge in [0.25, 0.3) is 0 Å². The zero-order valence-electron chi connectivity index (χ0n) is 31.5. The third-order valence-electron chi connectivity index (χ3n) is 12.2. The van der Waals surface area contributed by atoms with Gasteiger partial charge in [0, 0.05) is 22.4 Å². The highest BCUT2D eigenvalue weighted by molar-refractivity contribution is 6.30. The zero-order valence-corrected chi connectivity index (χ0v) is 31.5. The molecule has 0 N–H and O–H groups in total. The van der Waals surface area contributed by atoms with E-state index in [1.807, 2.05) is 0 Å². The fourth-order valence-corrected chi connectivity index (χ4v) is 9.52. The fourth-order valence-electron chi connectivity index (χ4n) is 9.52. The number of hydrogen-bond donors (Lipinski definition) is 0. The van der Waals surface area contributed by atoms with E-state index >= 15 is 0 Å². The number of hydrogen-bond acceptors (Lipinski definition) is 1. The van der Waals surface area contributed by atoms with E-state index in [4.69, 9.17) is 0 Å². The van der Waals surface area contributed by atoms with E-state index in [9.17, 15) is 0 Å². The van der Waals surface area contributed by atoms with Gasteiger partial charge in [-0.2, -0.15) is 0 Å². The molecule has 0 saturated heterocycles. The number of anilines is 3. The predicted octanol–water partition coefficient (Wildman–Crippen LogP) is 15.4. The molecule has 1 aliphatic rings. The highest BCUT2D eigenvalue weighted by Crippen LogP contribution is 2.52. The minimum atomic E-state index is -0.128. The Hall–Kier alpha value is -6.96. The van der Waals surface area contributed by atoms with E-state index in [2.05, 4.69) is 219 Å². The fraction of sp³-hybridized carbons (Fsp3) is 0.0545. The summed E-state index contributed by atoms with van der Waals surface area (Å²) in [6.45, 7) is 4.73. The Labute approximate surface area is 327 Å². The van der Waals surface area contributed by atoms with E-state index < -0.39 is 0 Å². The van der Waals surface area contributed by atoms with Gasteiger partial charge in [-0.1, -0.05) is 178 Å². The molecule has 264 valence electrons. The molecule has 1 nitrogen and oxygen atoms in total. The van der Waals surface area contributed by atoms with Gasteiger partial charge < -0.3 is 4.90 Å². The molecule has 0 fully saturated rings. The molecule has 0 atom stereocenters. The molecule has 0 radical (unpaired) electrons. The van der Waals surface area contributed by atoms with Gasteiger partial charge in [-0.3, -0.25) is 0 Å². The minimum absolute atomic E-state index is 0.128. The second-order valence-electron chi connectivity index (χ2n) is 15.7. The van der Waals surface area contributed by atoms with Crippen LogP contribution in [-0.2, 0) is 5.41 Å². The van der Waals surface area contributed by atoms with Crippen molar-refractivity contribution in [1.82, 2.24) is 0 Å². The lowest BCUT2D eigenvalue weighted by atomic mass is 9.82. The third-order valence-corrected chi connectivity index (χ3v) is 12.2. The molecule has 56 heavy (non-hydrogen) atoms. The minimum Gasteiger partial charge on any atom is -0.310 e. The number of benzene rings is 10. The largest absolute Gasteiger partial charge is 0.310 e. The molecule has 1 heteroatoms. The Balaban J connectivity index is 1.20. The Kier molecular flexibility index (Phi) is 7.28. The van der Waals surface area contributed by atoms with Crippen LogP contribution in [0.3, 0.4) is 0 Å². The average Bonchev–Trinajstić information content (AvgIpc) is 3.49. The predicted molar refractivity (Wildman–Crippen MR) is 240 cm³/mol. The van der Waals surface area contributed by atoms with Crippen LogP contribution in [0.4, 0.5) is 17.1 Å². The van der Waals surface area contributed by atoms with E-state index in [0.717, 1.165) is 17.1 Å². The van der Waals surface area contributed by atoms with Crippen molar-refractivity contribution in [3.63, 3.8) is 0 Å². The first-order valence-electron chi connectivity index (χ1n) is 19.6. The number of fused-ring (bicyclic) bond motifs is 10. The van der Waals surface area contributed by atoms with Gasteiger partial charge in [0.2, 0.25) is 0 Å². The van der Waals surface area contributed by atoms with Gasteiger partial charge in [0.1, 0.15) is 0 Å². The smallest absolute Gasteiger partial charge is 0.0540 e. The Morgan fingerprint density at radius 2 is 0.964 bits per heavy atom. The number of rotatable bonds is 5. The second-order valence-corrected chi connectivity index (χ2v) is 15.7. The van der Waals surface area contributed by atoms with E-state index in [-0.39, 0.29) is 5.41 Å². The quantitative estimate of drug-likeness (QED) is 0.161. The van der Waals surface area contributed by atoms with Crippen molar-refractivity contribution >= 4 is 60.2 Å². The molecule has 10 aromatic rings. The van der Waals surface area contributed by atoms with Crippen molar-refractivity contribution in [2.45, 2.75) is 19.3 Å². The Morgan fingerprint density at radius 1 is 0.339 bits per heavy atom. The first-order valence-corrected chi connectivity index (χ1v) is 19.6. The molecule has 0 bridgehead atoms. The molecule has 0 heterocycles. The topological polar surface area (TPSA) is 3.24 Å². The summed E-state index contributed by atoms with van der Waals surface area (Å²) < 4.78 is 0. The molecule has 0 unspecified atom stereocenters. The normalized spacial score (nSPS) is 13.0. The van der Waals surface area contributed by atoms with Crippen LogP contribution in [0, 0.1) is 0 Å². The molecule has 0 aromatic heterocycles. The van der Waals surface area contributed by atoms with Crippen LogP contribution in [-0.4, -0.2) is 0 Å². The molecule has 0 saturated carbocycles. The van der Waals surface area contributed by atoms with Gasteiger partial charge in [-0.25, -0.2) is 0 Å². The van der Waals surface area contributed by atoms with Crippen LogP contribution in [0.5, 0.6) is 0 Å². The Bertz CT molecular complexity index is 3170. The van der Waals surface area contributed by atoms with Crippen LogP contribution >= 0.6 is 0 Å². The maximum absolute atomic E-state index is 2.48. The second kappa shape index (κ2) is 12.5. The first-order chi connectivity index (χ1) is 27.5. The number of para-hydroxylation sites is 1. The summed E-state index contributed by atoms with van der Waals surface area (Å²) in [4.78, 5) is 2.48. The van der Waals surface area contributed by atoms with Gasteiger partial charge in [-0.15, -0.1) is 0 Å². The average molecular weight is 714 g/mol. The summed E-state index contributed by atoms with van der Waals surface area (Å²) in [5, 5.41) is 10.2. The third kappa shape index (κ3) is 4.94. The monoisotopic (exact) mass is 713 g/mol. The highest BCUT2D eigenvalue weighted by atomic mass is 15.1. The number of nitrogens with zero attached hydrogens (tertiary/aromatic N) is 1. The molecule has 0 spiro atoms. The van der Waals surface area contributed by atoms with Gasteiger partial charge in [-0.05, 0) is 118 Å². The van der Waals surface area contributed by atoms with Crippen molar-refractivity contribution in [2.75, 3.05) is 4.90 Å². The lowest BCUT2D eigenvalue weighted by molar-refractivity contribution is 0.660. The van der Waals surface area contributed by atoms with Crippen LogP contribution in [0.15, 0.2) is 200 Å². The van der Waals surface area contributed by atoms with Crippen molar-refractivity contribution < 1.29 is 0 Å². The van der Waals surface area contributed by atoms with E-state index in [1.165, 1.54) is 87.6 Å². The van der Waals surface area contributed by atoms with Crippen molar-refractivity contribution in [2.24, 2.45) is 0 Å². The lowest BCUT2D eigenvalue weighted by Gasteiger charge is -2.30. The molecular formula is C55H39N. The molecular weight excluding hydrogens is 675 g/mol. The standard InChI is InChI=1S/C55H39N/c1-55(2)50-25-12-10-23-45(50)46-32-30-42(35-51(46)55)56(41-20-14-19-39(33-41)36-15-4-3-5-16-36)52-26-13-11-24-47(52)49-34-40-18-7-9-22-44(40)54-48(49)31-29-38-28-27-37-17-6-8-21-43(37)53(38)54/h3-35H,1-2H3. The zero-order chi connectivity index (χ0) is 37.4. The summed E-state index contributed by atoms with van der Waals surface area (Å²) >= 11 is 0. The van der Waals surface area contributed by atoms with Crippen LogP contribution in [0.1, 0.15) is 25.0 Å². The summed E-state index contributed by atoms with van der Waals surface area (Å²) in [6, 6.07) is 74.1. The van der Waals surface area contributed by atoms with Gasteiger partial charge in [0.15, 0.2) is 0 Å². The van der Waals surface area contributed by atoms with Crippen molar-refractivity contribution in [3.8, 4) is 33.4 Å². The Morgan fingerprint density at radius 3 is 1.82 bits per heavy atom. The summed E-state index contributed by atoms with van der Waals surface area (Å²) in [7, 11) is 0. The van der Waals surface area contributed by atoms with Crippen molar-refractivity contribution in [1.29, 1.82) is 0 Å². The van der Waals surface area contributed by atoms with Crippen LogP contribution < -0.4 is 4.90 Å². The van der Waals surface area contributed by atoms with Gasteiger partial charge >= 0.3 is 0 Å². The maximum Gasteiger partial charge on any atom is 0.0540 e.